The molecule has 0 aliphatic carbocycles. The predicted octanol–water partition coefficient (Wildman–Crippen LogP) is 6.82. The van der Waals surface area contributed by atoms with Crippen LogP contribution in [0.15, 0.2) is 24.6 Å². The van der Waals surface area contributed by atoms with Gasteiger partial charge in [0.05, 0.1) is 0 Å². The van der Waals surface area contributed by atoms with E-state index in [1.807, 2.05) is 17.9 Å². The molecule has 0 amide bonds. The molecule has 0 aromatic rings. The molecule has 0 bridgehead atoms. The van der Waals surface area contributed by atoms with Crippen molar-refractivity contribution in [2.24, 2.45) is 5.92 Å². The molecule has 0 aliphatic rings. The van der Waals surface area contributed by atoms with E-state index in [1.54, 1.807) is 0 Å². The Morgan fingerprint density at radius 3 is 1.69 bits per heavy atom. The Morgan fingerprint density at radius 1 is 0.769 bits per heavy atom. The Balaban J connectivity index is 4.06. The summed E-state index contributed by atoms with van der Waals surface area (Å²) in [5, 5.41) is 0. The van der Waals surface area contributed by atoms with E-state index in [-0.39, 0.29) is 0 Å². The molecule has 0 saturated carbocycles. The van der Waals surface area contributed by atoms with Gasteiger partial charge in [0, 0.05) is 13.2 Å². The third-order valence-corrected chi connectivity index (χ3v) is 10.7. The zero-order valence-corrected chi connectivity index (χ0v) is 20.1. The van der Waals surface area contributed by atoms with Crippen molar-refractivity contribution >= 4 is 17.1 Å². The monoisotopic (exact) mass is 400 g/mol. The second-order valence-corrected chi connectivity index (χ2v) is 14.2. The Hall–Kier alpha value is -0.206. The summed E-state index contributed by atoms with van der Waals surface area (Å²) in [5.41, 5.74) is 3.72. The van der Waals surface area contributed by atoms with Crippen molar-refractivity contribution in [3.63, 3.8) is 0 Å². The van der Waals surface area contributed by atoms with Gasteiger partial charge in [0.2, 0.25) is 0 Å². The number of rotatable bonds is 18. The van der Waals surface area contributed by atoms with E-state index in [0.717, 1.165) is 13.0 Å². The second kappa shape index (κ2) is 14.8. The number of unbranched alkanes of at least 4 members (excludes halogenated alkanes) is 8. The third-order valence-electron chi connectivity index (χ3n) is 4.49. The summed E-state index contributed by atoms with van der Waals surface area (Å²) in [6, 6.07) is 0. The zero-order valence-electron chi connectivity index (χ0n) is 18.1. The van der Waals surface area contributed by atoms with Crippen molar-refractivity contribution in [2.75, 3.05) is 13.2 Å². The minimum atomic E-state index is -2.41. The molecule has 0 N–H and O–H groups in total. The van der Waals surface area contributed by atoms with Crippen LogP contribution in [0.4, 0.5) is 0 Å². The summed E-state index contributed by atoms with van der Waals surface area (Å²) in [6.45, 7) is 20.0. The van der Waals surface area contributed by atoms with Gasteiger partial charge in [-0.1, -0.05) is 83.5 Å². The molecule has 0 heterocycles. The van der Waals surface area contributed by atoms with Gasteiger partial charge >= 0.3 is 17.1 Å². The largest absolute Gasteiger partial charge is 0.409 e. The van der Waals surface area contributed by atoms with Crippen LogP contribution in [-0.4, -0.2) is 30.3 Å². The molecule has 0 aliphatic heterocycles. The first-order valence-corrected chi connectivity index (χ1v) is 15.3. The molecule has 5 heteroatoms. The summed E-state index contributed by atoms with van der Waals surface area (Å²) in [5.74, 6) is 0.477. The average molecular weight is 401 g/mol. The van der Waals surface area contributed by atoms with E-state index >= 15 is 0 Å². The van der Waals surface area contributed by atoms with Gasteiger partial charge in [-0.15, -0.1) is 13.2 Å². The highest BCUT2D eigenvalue weighted by Crippen LogP contribution is 2.20. The maximum atomic E-state index is 6.35. The van der Waals surface area contributed by atoms with Crippen molar-refractivity contribution < 1.29 is 13.0 Å². The smallest absolute Gasteiger partial charge is 0.352 e. The molecular formula is C21H44O3Si2. The lowest BCUT2D eigenvalue weighted by Crippen LogP contribution is -2.50. The summed E-state index contributed by atoms with van der Waals surface area (Å²) < 4.78 is 18.5. The van der Waals surface area contributed by atoms with E-state index in [1.165, 1.54) is 51.4 Å². The van der Waals surface area contributed by atoms with Crippen LogP contribution in [0, 0.1) is 5.92 Å². The summed E-state index contributed by atoms with van der Waals surface area (Å²) in [6.07, 6.45) is 11.8. The van der Waals surface area contributed by atoms with E-state index in [2.05, 4.69) is 40.5 Å². The van der Waals surface area contributed by atoms with Crippen molar-refractivity contribution in [3.05, 3.63) is 24.6 Å². The van der Waals surface area contributed by atoms with Gasteiger partial charge in [-0.25, -0.2) is 0 Å². The maximum Gasteiger partial charge on any atom is 0.352 e. The molecule has 154 valence electrons. The van der Waals surface area contributed by atoms with Crippen molar-refractivity contribution in [1.82, 2.24) is 0 Å². The van der Waals surface area contributed by atoms with Crippen LogP contribution >= 0.6 is 0 Å². The van der Waals surface area contributed by atoms with Gasteiger partial charge in [0.1, 0.15) is 0 Å². The van der Waals surface area contributed by atoms with Crippen LogP contribution in [0.2, 0.25) is 13.1 Å². The summed E-state index contributed by atoms with van der Waals surface area (Å²) in [7, 11) is -4.82. The van der Waals surface area contributed by atoms with Crippen molar-refractivity contribution in [2.45, 2.75) is 91.7 Å². The third kappa shape index (κ3) is 13.0. The number of hydrogen-bond donors (Lipinski definition) is 0. The fourth-order valence-corrected chi connectivity index (χ4v) is 8.49. The topological polar surface area (TPSA) is 27.7 Å². The maximum absolute atomic E-state index is 6.35. The Morgan fingerprint density at radius 2 is 1.23 bits per heavy atom. The molecular weight excluding hydrogens is 356 g/mol. The van der Waals surface area contributed by atoms with Crippen LogP contribution in [0.1, 0.15) is 78.6 Å². The molecule has 2 atom stereocenters. The highest BCUT2D eigenvalue weighted by atomic mass is 28.5. The van der Waals surface area contributed by atoms with E-state index in [9.17, 15) is 0 Å². The molecule has 0 radical (unpaired) electrons. The van der Waals surface area contributed by atoms with Crippen LogP contribution < -0.4 is 0 Å². The van der Waals surface area contributed by atoms with Gasteiger partial charge in [0.25, 0.3) is 0 Å². The quantitative estimate of drug-likeness (QED) is 0.187. The lowest BCUT2D eigenvalue weighted by Gasteiger charge is -2.33. The van der Waals surface area contributed by atoms with E-state index < -0.39 is 17.1 Å². The van der Waals surface area contributed by atoms with Crippen LogP contribution in [0.3, 0.4) is 0 Å². The predicted molar refractivity (Wildman–Crippen MR) is 119 cm³/mol. The summed E-state index contributed by atoms with van der Waals surface area (Å²) in [4.78, 5) is 0. The first kappa shape index (κ1) is 25.8. The molecule has 2 unspecified atom stereocenters. The highest BCUT2D eigenvalue weighted by molar-refractivity contribution is 6.84. The fraction of sp³-hybridized carbons (Fsp3) is 0.810. The fourth-order valence-electron chi connectivity index (χ4n) is 2.68. The van der Waals surface area contributed by atoms with Crippen molar-refractivity contribution in [3.8, 4) is 0 Å². The molecule has 0 aromatic heterocycles. The molecule has 0 rings (SSSR count). The van der Waals surface area contributed by atoms with Crippen LogP contribution in [-0.2, 0) is 13.0 Å². The zero-order chi connectivity index (χ0) is 19.9. The van der Waals surface area contributed by atoms with Gasteiger partial charge in [-0.2, -0.15) is 0 Å². The normalized spacial score (nSPS) is 16.2. The van der Waals surface area contributed by atoms with E-state index in [0.29, 0.717) is 12.5 Å². The molecule has 0 fully saturated rings. The first-order valence-electron chi connectivity index (χ1n) is 10.6. The van der Waals surface area contributed by atoms with Crippen LogP contribution in [0.5, 0.6) is 0 Å². The van der Waals surface area contributed by atoms with Gasteiger partial charge in [-0.05, 0) is 25.4 Å². The van der Waals surface area contributed by atoms with Gasteiger partial charge in [-0.3, -0.25) is 0 Å². The van der Waals surface area contributed by atoms with Gasteiger partial charge in [0.15, 0.2) is 0 Å². The molecule has 0 aromatic carbocycles. The lowest BCUT2D eigenvalue weighted by atomic mass is 10.1. The number of hydrogen-bond acceptors (Lipinski definition) is 3. The molecule has 0 saturated heterocycles. The Labute approximate surface area is 165 Å². The van der Waals surface area contributed by atoms with Gasteiger partial charge < -0.3 is 13.0 Å². The standard InChI is InChI=1S/C21H44O3Si2/c1-8-11-12-13-14-15-16-17-18-19-22-25(6,9-2)24-26(7,10-3)23-20-21(4)5/h9-10,21H,2-3,8,11-20H2,1,4-7H3. The second-order valence-electron chi connectivity index (χ2n) is 7.92. The summed E-state index contributed by atoms with van der Waals surface area (Å²) >= 11 is 0. The Bertz CT molecular complexity index is 376. The lowest BCUT2D eigenvalue weighted by molar-refractivity contribution is 0.185. The van der Waals surface area contributed by atoms with Crippen molar-refractivity contribution in [1.29, 1.82) is 0 Å². The van der Waals surface area contributed by atoms with E-state index in [4.69, 9.17) is 13.0 Å². The Kier molecular flexibility index (Phi) is 14.7. The first-order chi connectivity index (χ1) is 12.3. The molecule has 0 spiro atoms. The minimum absolute atomic E-state index is 0.477. The van der Waals surface area contributed by atoms with Crippen LogP contribution in [0.25, 0.3) is 0 Å². The highest BCUT2D eigenvalue weighted by Gasteiger charge is 2.39. The minimum Gasteiger partial charge on any atom is -0.409 e. The molecule has 3 nitrogen and oxygen atoms in total. The molecule has 26 heavy (non-hydrogen) atoms. The SMILES string of the molecule is C=C[Si](C)(OCCCCCCCCCCC)O[Si](C)(C=C)OCC(C)C. The average Bonchev–Trinajstić information content (AvgIpc) is 2.61.